The minimum Gasteiger partial charge on any atom is -0.452 e. The van der Waals surface area contributed by atoms with Gasteiger partial charge in [0.05, 0.1) is 18.9 Å². The Morgan fingerprint density at radius 3 is 2.59 bits per heavy atom. The number of rotatable bonds is 2. The zero-order chi connectivity index (χ0) is 25.1. The van der Waals surface area contributed by atoms with Crippen molar-refractivity contribution >= 4 is 11.4 Å². The van der Waals surface area contributed by atoms with Crippen molar-refractivity contribution in [2.75, 3.05) is 13.2 Å². The topological polar surface area (TPSA) is 82.6 Å². The number of hydrogen-bond acceptors (Lipinski definition) is 6. The molecule has 0 saturated heterocycles. The Balaban J connectivity index is 1.54. The molecule has 3 aliphatic heterocycles. The van der Waals surface area contributed by atoms with Crippen LogP contribution < -0.4 is 10.5 Å². The minimum atomic E-state index is -1.21. The number of nitrogens with zero attached hydrogens (tertiary/aromatic N) is 3. The lowest BCUT2D eigenvalue weighted by Gasteiger charge is -2.36. The number of aromatic nitrogens is 2. The average Bonchev–Trinajstić information content (AvgIpc) is 3.23. The lowest BCUT2D eigenvalue weighted by atomic mass is 9.74. The summed E-state index contributed by atoms with van der Waals surface area (Å²) in [5.41, 5.74) is 10.2. The Kier molecular flexibility index (Phi) is 4.74. The summed E-state index contributed by atoms with van der Waals surface area (Å²) in [5, 5.41) is 0. The molecule has 2 aromatic heterocycles. The molecule has 0 bridgehead atoms. The van der Waals surface area contributed by atoms with Crippen LogP contribution in [-0.2, 0) is 10.3 Å². The van der Waals surface area contributed by atoms with E-state index >= 15 is 4.39 Å². The summed E-state index contributed by atoms with van der Waals surface area (Å²) in [4.78, 5) is 13.0. The van der Waals surface area contributed by atoms with Gasteiger partial charge in [0.25, 0.3) is 5.95 Å². The van der Waals surface area contributed by atoms with E-state index in [9.17, 15) is 4.39 Å². The van der Waals surface area contributed by atoms with Crippen LogP contribution in [0.15, 0.2) is 77.9 Å². The maximum Gasteiger partial charge on any atom is 0.256 e. The van der Waals surface area contributed by atoms with Gasteiger partial charge in [-0.3, -0.25) is 0 Å². The van der Waals surface area contributed by atoms with Gasteiger partial charge in [-0.2, -0.15) is 8.78 Å². The van der Waals surface area contributed by atoms with E-state index in [0.717, 1.165) is 16.7 Å². The van der Waals surface area contributed by atoms with E-state index in [1.165, 1.54) is 6.20 Å². The van der Waals surface area contributed by atoms with Gasteiger partial charge in [-0.15, -0.1) is 0 Å². The quantitative estimate of drug-likeness (QED) is 0.380. The van der Waals surface area contributed by atoms with Gasteiger partial charge in [0.2, 0.25) is 5.95 Å². The largest absolute Gasteiger partial charge is 0.452 e. The van der Waals surface area contributed by atoms with E-state index in [4.69, 9.17) is 20.2 Å². The molecule has 182 valence electrons. The highest BCUT2D eigenvalue weighted by atomic mass is 19.1. The zero-order valence-electron chi connectivity index (χ0n) is 19.5. The van der Waals surface area contributed by atoms with Crippen molar-refractivity contribution in [1.82, 2.24) is 9.97 Å². The minimum absolute atomic E-state index is 0.00234. The molecule has 5 heterocycles. The molecule has 0 fully saturated rings. The summed E-state index contributed by atoms with van der Waals surface area (Å²) in [6.45, 7) is 0.971. The fourth-order valence-corrected chi connectivity index (χ4v) is 5.45. The molecule has 1 spiro atoms. The SMILES string of the molecule is NC1=NC2(c3cc(-c4cccnc4F)ccc3Oc3c2cc(C2=CCOCC2)nc3F)c2ccccc21. The Labute approximate surface area is 211 Å². The summed E-state index contributed by atoms with van der Waals surface area (Å²) >= 11 is 0. The Bertz CT molecular complexity index is 1670. The van der Waals surface area contributed by atoms with Gasteiger partial charge < -0.3 is 15.2 Å². The molecule has 0 radical (unpaired) electrons. The molecule has 0 aliphatic carbocycles. The normalized spacial score (nSPS) is 19.4. The molecule has 7 rings (SSSR count). The molecule has 1 atom stereocenters. The highest BCUT2D eigenvalue weighted by Crippen LogP contribution is 2.56. The number of pyridine rings is 2. The van der Waals surface area contributed by atoms with Crippen molar-refractivity contribution in [1.29, 1.82) is 0 Å². The van der Waals surface area contributed by atoms with Crippen molar-refractivity contribution in [3.63, 3.8) is 0 Å². The number of benzene rings is 2. The first-order valence-corrected chi connectivity index (χ1v) is 11.9. The summed E-state index contributed by atoms with van der Waals surface area (Å²) in [6, 6.07) is 18.0. The molecule has 3 aliphatic rings. The molecule has 37 heavy (non-hydrogen) atoms. The number of halogens is 2. The Morgan fingerprint density at radius 2 is 1.76 bits per heavy atom. The number of nitrogens with two attached hydrogens (primary N) is 1. The number of aliphatic imine (C=N–C) groups is 1. The van der Waals surface area contributed by atoms with Crippen LogP contribution in [0.2, 0.25) is 0 Å². The third-order valence-electron chi connectivity index (χ3n) is 7.15. The predicted molar refractivity (Wildman–Crippen MR) is 134 cm³/mol. The molecule has 2 N–H and O–H groups in total. The van der Waals surface area contributed by atoms with Crippen LogP contribution >= 0.6 is 0 Å². The second-order valence-electron chi connectivity index (χ2n) is 9.14. The molecular weight excluding hydrogens is 474 g/mol. The molecule has 1 unspecified atom stereocenters. The average molecular weight is 495 g/mol. The van der Waals surface area contributed by atoms with Crippen LogP contribution in [0.25, 0.3) is 16.7 Å². The Morgan fingerprint density at radius 1 is 0.892 bits per heavy atom. The first-order valence-electron chi connectivity index (χ1n) is 11.9. The third kappa shape index (κ3) is 3.15. The fraction of sp³-hybridized carbons (Fsp3) is 0.138. The van der Waals surface area contributed by atoms with Crippen molar-refractivity contribution in [3.05, 3.63) is 113 Å². The molecular formula is C29H20F2N4O2. The van der Waals surface area contributed by atoms with E-state index in [1.807, 2.05) is 42.5 Å². The summed E-state index contributed by atoms with van der Waals surface area (Å²) in [5.74, 6) is -0.598. The standard InChI is InChI=1S/C29H20F2N4O2/c30-26-18(5-3-11-33-26)17-7-8-24-21(14-17)29(20-6-2-1-4-19(20)28(32)35-29)22-15-23(16-9-12-36-13-10-16)34-27(31)25(22)37-24/h1-9,11,14-15H,10,12-13H2,(H2,32,35). The van der Waals surface area contributed by atoms with Gasteiger partial charge in [-0.25, -0.2) is 15.0 Å². The molecule has 6 nitrogen and oxygen atoms in total. The van der Waals surface area contributed by atoms with Crippen molar-refractivity contribution < 1.29 is 18.3 Å². The Hall–Kier alpha value is -4.43. The smallest absolute Gasteiger partial charge is 0.256 e. The van der Waals surface area contributed by atoms with Gasteiger partial charge in [0.1, 0.15) is 17.1 Å². The van der Waals surface area contributed by atoms with Gasteiger partial charge in [0, 0.05) is 28.5 Å². The van der Waals surface area contributed by atoms with Crippen LogP contribution in [0, 0.1) is 11.9 Å². The van der Waals surface area contributed by atoms with Crippen molar-refractivity contribution in [3.8, 4) is 22.6 Å². The predicted octanol–water partition coefficient (Wildman–Crippen LogP) is 5.34. The second kappa shape index (κ2) is 8.04. The first-order chi connectivity index (χ1) is 18.1. The number of hydrogen-bond donors (Lipinski definition) is 1. The monoisotopic (exact) mass is 494 g/mol. The fourth-order valence-electron chi connectivity index (χ4n) is 5.45. The second-order valence-corrected chi connectivity index (χ2v) is 9.14. The lowest BCUT2D eigenvalue weighted by molar-refractivity contribution is 0.161. The van der Waals surface area contributed by atoms with Crippen LogP contribution in [-0.4, -0.2) is 29.0 Å². The zero-order valence-corrected chi connectivity index (χ0v) is 19.5. The molecule has 8 heteroatoms. The molecule has 2 aromatic carbocycles. The summed E-state index contributed by atoms with van der Waals surface area (Å²) < 4.78 is 41.9. The van der Waals surface area contributed by atoms with Crippen LogP contribution in [0.3, 0.4) is 0 Å². The first kappa shape index (κ1) is 21.8. The third-order valence-corrected chi connectivity index (χ3v) is 7.15. The van der Waals surface area contributed by atoms with Crippen LogP contribution in [0.5, 0.6) is 11.5 Å². The van der Waals surface area contributed by atoms with E-state index in [-0.39, 0.29) is 5.75 Å². The van der Waals surface area contributed by atoms with Gasteiger partial charge in [0.15, 0.2) is 5.75 Å². The van der Waals surface area contributed by atoms with Gasteiger partial charge in [-0.05, 0) is 53.5 Å². The lowest BCUT2D eigenvalue weighted by Crippen LogP contribution is -2.30. The van der Waals surface area contributed by atoms with E-state index in [2.05, 4.69) is 9.97 Å². The number of amidine groups is 1. The summed E-state index contributed by atoms with van der Waals surface area (Å²) in [7, 11) is 0. The maximum atomic E-state index is 15.7. The van der Waals surface area contributed by atoms with Gasteiger partial charge >= 0.3 is 0 Å². The van der Waals surface area contributed by atoms with Gasteiger partial charge in [-0.1, -0.05) is 36.4 Å². The maximum absolute atomic E-state index is 15.7. The van der Waals surface area contributed by atoms with Crippen molar-refractivity contribution in [2.45, 2.75) is 12.0 Å². The highest BCUT2D eigenvalue weighted by Gasteiger charge is 2.50. The highest BCUT2D eigenvalue weighted by molar-refractivity contribution is 6.03. The van der Waals surface area contributed by atoms with E-state index in [1.54, 1.807) is 24.3 Å². The number of fused-ring (bicyclic) bond motifs is 6. The van der Waals surface area contributed by atoms with Crippen LogP contribution in [0.1, 0.15) is 34.4 Å². The van der Waals surface area contributed by atoms with E-state index in [0.29, 0.717) is 59.2 Å². The van der Waals surface area contributed by atoms with E-state index < -0.39 is 17.4 Å². The van der Waals surface area contributed by atoms with Crippen LogP contribution in [0.4, 0.5) is 8.78 Å². The molecule has 4 aromatic rings. The molecule has 0 amide bonds. The van der Waals surface area contributed by atoms with Crippen molar-refractivity contribution in [2.24, 2.45) is 10.7 Å². The molecule has 0 saturated carbocycles. The summed E-state index contributed by atoms with van der Waals surface area (Å²) in [6.07, 6.45) is 3.92. The number of ether oxygens (including phenoxy) is 2.